The molecule has 0 saturated carbocycles. The van der Waals surface area contributed by atoms with Crippen LogP contribution in [-0.4, -0.2) is 9.97 Å². The summed E-state index contributed by atoms with van der Waals surface area (Å²) >= 11 is 0. The molecular formula is C42H48IrN2-2. The monoisotopic (exact) mass is 773 g/mol. The predicted molar refractivity (Wildman–Crippen MR) is 187 cm³/mol. The van der Waals surface area contributed by atoms with Gasteiger partial charge in [0, 0.05) is 32.5 Å². The van der Waals surface area contributed by atoms with E-state index in [1.165, 1.54) is 38.9 Å². The van der Waals surface area contributed by atoms with E-state index < -0.39 is 0 Å². The Hall–Kier alpha value is -3.39. The second kappa shape index (κ2) is 16.3. The number of aryl methyl sites for hydroxylation is 3. The standard InChI is InChI=1S/C25H28N.C17H20N.Ir/c1-18(2)14-21-16-24(26-17-19(21)3)20-10-9-13-23(15-20)25(4,5)22-11-7-6-8-12-22;1-12(2)9-16-10-17(18-11-14(16)4)15-7-5-13(3)6-8-15;/h6-9,11-13,15-18H,14H2,1-5H3;5-7,10-12H,9H2,1-4H3;/q2*-1;. The van der Waals surface area contributed by atoms with Crippen molar-refractivity contribution < 1.29 is 20.1 Å². The molecule has 0 fully saturated rings. The van der Waals surface area contributed by atoms with Crippen LogP contribution in [0, 0.1) is 44.7 Å². The number of aromatic nitrogens is 2. The maximum Gasteiger partial charge on any atom is 0.0192 e. The van der Waals surface area contributed by atoms with Gasteiger partial charge >= 0.3 is 0 Å². The molecule has 0 atom stereocenters. The van der Waals surface area contributed by atoms with Crippen molar-refractivity contribution in [3.05, 3.63) is 142 Å². The van der Waals surface area contributed by atoms with Crippen LogP contribution < -0.4 is 0 Å². The summed E-state index contributed by atoms with van der Waals surface area (Å²) in [5, 5.41) is 0. The molecule has 237 valence electrons. The van der Waals surface area contributed by atoms with Gasteiger partial charge in [-0.3, -0.25) is 0 Å². The summed E-state index contributed by atoms with van der Waals surface area (Å²) in [6, 6.07) is 34.4. The van der Waals surface area contributed by atoms with E-state index >= 15 is 0 Å². The molecule has 5 rings (SSSR count). The Morgan fingerprint density at radius 2 is 1.20 bits per heavy atom. The van der Waals surface area contributed by atoms with Gasteiger partial charge in [0.15, 0.2) is 0 Å². The van der Waals surface area contributed by atoms with Crippen LogP contribution in [0.1, 0.15) is 80.5 Å². The molecule has 5 aromatic rings. The van der Waals surface area contributed by atoms with E-state index in [2.05, 4.69) is 151 Å². The van der Waals surface area contributed by atoms with Crippen molar-refractivity contribution in [3.8, 4) is 22.5 Å². The Labute approximate surface area is 286 Å². The van der Waals surface area contributed by atoms with Crippen LogP contribution in [0.4, 0.5) is 0 Å². The van der Waals surface area contributed by atoms with Gasteiger partial charge in [-0.25, -0.2) is 0 Å². The summed E-state index contributed by atoms with van der Waals surface area (Å²) in [6.07, 6.45) is 6.15. The van der Waals surface area contributed by atoms with Gasteiger partial charge in [-0.05, 0) is 72.0 Å². The van der Waals surface area contributed by atoms with Crippen molar-refractivity contribution in [2.24, 2.45) is 11.8 Å². The first kappa shape index (κ1) is 36.1. The van der Waals surface area contributed by atoms with Crippen molar-refractivity contribution in [2.75, 3.05) is 0 Å². The van der Waals surface area contributed by atoms with Gasteiger partial charge < -0.3 is 9.97 Å². The van der Waals surface area contributed by atoms with Gasteiger partial charge in [0.2, 0.25) is 0 Å². The first-order valence-corrected chi connectivity index (χ1v) is 15.9. The summed E-state index contributed by atoms with van der Waals surface area (Å²) in [6.45, 7) is 19.9. The molecule has 0 N–H and O–H groups in total. The minimum Gasteiger partial charge on any atom is -0.304 e. The minimum atomic E-state index is -0.0590. The zero-order chi connectivity index (χ0) is 31.9. The summed E-state index contributed by atoms with van der Waals surface area (Å²) < 4.78 is 0. The number of hydrogen-bond acceptors (Lipinski definition) is 2. The van der Waals surface area contributed by atoms with Crippen LogP contribution in [0.2, 0.25) is 0 Å². The fourth-order valence-electron chi connectivity index (χ4n) is 5.43. The van der Waals surface area contributed by atoms with Crippen LogP contribution in [0.3, 0.4) is 0 Å². The number of benzene rings is 3. The van der Waals surface area contributed by atoms with Gasteiger partial charge in [0.25, 0.3) is 0 Å². The fourth-order valence-corrected chi connectivity index (χ4v) is 5.43. The van der Waals surface area contributed by atoms with E-state index in [0.29, 0.717) is 11.8 Å². The number of hydrogen-bond donors (Lipinski definition) is 0. The maximum absolute atomic E-state index is 4.68. The van der Waals surface area contributed by atoms with Gasteiger partial charge in [0.05, 0.1) is 0 Å². The minimum absolute atomic E-state index is 0. The van der Waals surface area contributed by atoms with Crippen molar-refractivity contribution >= 4 is 0 Å². The summed E-state index contributed by atoms with van der Waals surface area (Å²) in [4.78, 5) is 9.20. The Bertz CT molecular complexity index is 1650. The van der Waals surface area contributed by atoms with E-state index in [4.69, 9.17) is 0 Å². The first-order chi connectivity index (χ1) is 20.9. The molecule has 3 aromatic carbocycles. The quantitative estimate of drug-likeness (QED) is 0.147. The van der Waals surface area contributed by atoms with E-state index in [9.17, 15) is 0 Å². The molecule has 0 aliphatic rings. The fraction of sp³-hybridized carbons (Fsp3) is 0.333. The van der Waals surface area contributed by atoms with E-state index in [0.717, 1.165) is 35.4 Å². The van der Waals surface area contributed by atoms with E-state index in [1.807, 2.05) is 24.5 Å². The number of nitrogens with zero attached hydrogens (tertiary/aromatic N) is 2. The number of rotatable bonds is 8. The zero-order valence-corrected chi connectivity index (χ0v) is 30.9. The zero-order valence-electron chi connectivity index (χ0n) is 28.5. The second-order valence-corrected chi connectivity index (χ2v) is 13.4. The first-order valence-electron chi connectivity index (χ1n) is 15.9. The van der Waals surface area contributed by atoms with Gasteiger partial charge in [-0.2, -0.15) is 0 Å². The van der Waals surface area contributed by atoms with E-state index in [1.54, 1.807) is 0 Å². The Kier molecular flexibility index (Phi) is 13.0. The Balaban J connectivity index is 0.000000256. The average molecular weight is 773 g/mol. The van der Waals surface area contributed by atoms with Crippen molar-refractivity contribution in [1.29, 1.82) is 0 Å². The van der Waals surface area contributed by atoms with Crippen molar-refractivity contribution in [3.63, 3.8) is 0 Å². The normalized spacial score (nSPS) is 11.2. The molecule has 45 heavy (non-hydrogen) atoms. The second-order valence-electron chi connectivity index (χ2n) is 13.4. The molecule has 0 unspecified atom stereocenters. The molecular weight excluding hydrogens is 725 g/mol. The molecule has 0 saturated heterocycles. The van der Waals surface area contributed by atoms with Crippen molar-refractivity contribution in [1.82, 2.24) is 9.97 Å². The van der Waals surface area contributed by atoms with Gasteiger partial charge in [-0.15, -0.1) is 70.8 Å². The predicted octanol–water partition coefficient (Wildman–Crippen LogP) is 10.7. The molecule has 0 bridgehead atoms. The molecule has 0 aliphatic carbocycles. The molecule has 0 spiro atoms. The van der Waals surface area contributed by atoms with Crippen LogP contribution in [0.15, 0.2) is 91.3 Å². The van der Waals surface area contributed by atoms with Gasteiger partial charge in [-0.1, -0.05) is 102 Å². The largest absolute Gasteiger partial charge is 0.304 e. The average Bonchev–Trinajstić information content (AvgIpc) is 3.00. The maximum atomic E-state index is 4.68. The molecule has 2 heterocycles. The van der Waals surface area contributed by atoms with Crippen LogP contribution in [0.5, 0.6) is 0 Å². The van der Waals surface area contributed by atoms with E-state index in [-0.39, 0.29) is 25.5 Å². The Morgan fingerprint density at radius 1 is 0.644 bits per heavy atom. The molecule has 2 nitrogen and oxygen atoms in total. The van der Waals surface area contributed by atoms with Crippen LogP contribution >= 0.6 is 0 Å². The molecule has 0 amide bonds. The molecule has 0 aliphatic heterocycles. The van der Waals surface area contributed by atoms with Crippen molar-refractivity contribution in [2.45, 2.75) is 80.6 Å². The summed E-state index contributed by atoms with van der Waals surface area (Å²) in [5.74, 6) is 1.30. The molecule has 1 radical (unpaired) electrons. The SMILES string of the molecule is Cc1c[c-]c(-c2cc(CC(C)C)c(C)cn2)cc1.Cc1cnc(-c2[c-]ccc(C(C)(C)c3ccccc3)c2)cc1CC(C)C.[Ir]. The Morgan fingerprint density at radius 3 is 1.71 bits per heavy atom. The molecule has 2 aromatic heterocycles. The third-order valence-corrected chi connectivity index (χ3v) is 8.22. The third-order valence-electron chi connectivity index (χ3n) is 8.22. The summed E-state index contributed by atoms with van der Waals surface area (Å²) in [5.41, 5.74) is 13.3. The number of pyridine rings is 2. The summed E-state index contributed by atoms with van der Waals surface area (Å²) in [7, 11) is 0. The third kappa shape index (κ3) is 9.80. The topological polar surface area (TPSA) is 25.8 Å². The smallest absolute Gasteiger partial charge is 0.0192 e. The molecule has 3 heteroatoms. The van der Waals surface area contributed by atoms with Crippen LogP contribution in [0.25, 0.3) is 22.5 Å². The van der Waals surface area contributed by atoms with Crippen LogP contribution in [-0.2, 0) is 38.4 Å². The van der Waals surface area contributed by atoms with Gasteiger partial charge in [0.1, 0.15) is 0 Å².